The molecule has 3 aromatic rings. The molecule has 8 heteroatoms. The minimum absolute atomic E-state index is 0.0682. The smallest absolute Gasteiger partial charge is 0.247 e. The monoisotopic (exact) mass is 447 g/mol. The molecule has 5 nitrogen and oxygen atoms in total. The lowest BCUT2D eigenvalue weighted by atomic mass is 10.2. The third kappa shape index (κ3) is 5.13. The van der Waals surface area contributed by atoms with Gasteiger partial charge in [0.15, 0.2) is 0 Å². The lowest BCUT2D eigenvalue weighted by molar-refractivity contribution is -0.131. The molecule has 1 aliphatic carbocycles. The predicted molar refractivity (Wildman–Crippen MR) is 115 cm³/mol. The molecular formula is C21H19Cl2N3O2S. The second kappa shape index (κ2) is 8.78. The second-order valence-electron chi connectivity index (χ2n) is 6.92. The largest absolute Gasteiger partial charge is 0.419 e. The molecule has 150 valence electrons. The molecule has 0 radical (unpaired) electrons. The molecule has 0 bridgehead atoms. The van der Waals surface area contributed by atoms with E-state index in [1.54, 1.807) is 12.1 Å². The Morgan fingerprint density at radius 3 is 2.34 bits per heavy atom. The highest BCUT2D eigenvalue weighted by Gasteiger charge is 2.36. The number of halogens is 2. The first kappa shape index (κ1) is 20.3. The Hall–Kier alpha value is -2.02. The average molecular weight is 448 g/mol. The summed E-state index contributed by atoms with van der Waals surface area (Å²) in [5, 5.41) is 9.35. The summed E-state index contributed by atoms with van der Waals surface area (Å²) in [7, 11) is 0. The van der Waals surface area contributed by atoms with Crippen molar-refractivity contribution in [3.05, 3.63) is 64.5 Å². The Bertz CT molecular complexity index is 988. The van der Waals surface area contributed by atoms with Crippen LogP contribution >= 0.6 is 35.0 Å². The van der Waals surface area contributed by atoms with Gasteiger partial charge in [-0.15, -0.1) is 22.0 Å². The number of carbonyl (C=O) groups excluding carboxylic acids is 1. The molecule has 0 aliphatic heterocycles. The Kier molecular flexibility index (Phi) is 6.13. The normalized spacial score (nSPS) is 14.6. The van der Waals surface area contributed by atoms with E-state index in [1.165, 1.54) is 11.8 Å². The van der Waals surface area contributed by atoms with Crippen molar-refractivity contribution in [3.8, 4) is 11.5 Å². The first-order valence-corrected chi connectivity index (χ1v) is 10.9. The van der Waals surface area contributed by atoms with Gasteiger partial charge in [0.1, 0.15) is 0 Å². The lowest BCUT2D eigenvalue weighted by Crippen LogP contribution is -2.37. The Morgan fingerprint density at radius 2 is 1.72 bits per heavy atom. The summed E-state index contributed by atoms with van der Waals surface area (Å²) >= 11 is 13.4. The standard InChI is InChI=1S/C21H19Cl2N3O2S/c1-13(29-18-10-6-16(23)7-11-18)21(27)26(17-8-9-17)12-19-24-25-20(28-19)14-2-4-15(22)5-3-14/h2-7,10-11,13,17H,8-9,12H2,1H3. The van der Waals surface area contributed by atoms with Crippen LogP contribution in [0.5, 0.6) is 0 Å². The fourth-order valence-corrected chi connectivity index (χ4v) is 4.14. The quantitative estimate of drug-likeness (QED) is 0.433. The number of amides is 1. The van der Waals surface area contributed by atoms with Crippen molar-refractivity contribution in [2.24, 2.45) is 0 Å². The summed E-state index contributed by atoms with van der Waals surface area (Å²) in [5.41, 5.74) is 0.795. The number of benzene rings is 2. The summed E-state index contributed by atoms with van der Waals surface area (Å²) in [6.45, 7) is 2.24. The molecule has 4 rings (SSSR count). The Balaban J connectivity index is 1.44. The van der Waals surface area contributed by atoms with Crippen LogP contribution in [0.15, 0.2) is 57.8 Å². The summed E-state index contributed by atoms with van der Waals surface area (Å²) in [5.74, 6) is 0.918. The fraction of sp³-hybridized carbons (Fsp3) is 0.286. The summed E-state index contributed by atoms with van der Waals surface area (Å²) in [6, 6.07) is 15.0. The second-order valence-corrected chi connectivity index (χ2v) is 9.21. The lowest BCUT2D eigenvalue weighted by Gasteiger charge is -2.24. The highest BCUT2D eigenvalue weighted by atomic mass is 35.5. The number of hydrogen-bond acceptors (Lipinski definition) is 5. The van der Waals surface area contributed by atoms with Crippen molar-refractivity contribution in [3.63, 3.8) is 0 Å². The molecule has 2 aromatic carbocycles. The molecule has 1 aromatic heterocycles. The minimum Gasteiger partial charge on any atom is -0.419 e. The van der Waals surface area contributed by atoms with E-state index in [2.05, 4.69) is 10.2 Å². The van der Waals surface area contributed by atoms with Crippen molar-refractivity contribution >= 4 is 40.9 Å². The van der Waals surface area contributed by atoms with E-state index in [1.807, 2.05) is 48.2 Å². The molecule has 1 amide bonds. The van der Waals surface area contributed by atoms with Crippen molar-refractivity contribution < 1.29 is 9.21 Å². The number of nitrogens with zero attached hydrogens (tertiary/aromatic N) is 3. The molecule has 1 unspecified atom stereocenters. The van der Waals surface area contributed by atoms with E-state index in [9.17, 15) is 4.79 Å². The zero-order chi connectivity index (χ0) is 20.4. The van der Waals surface area contributed by atoms with Gasteiger partial charge in [-0.3, -0.25) is 4.79 Å². The van der Waals surface area contributed by atoms with Gasteiger partial charge in [-0.2, -0.15) is 0 Å². The molecule has 29 heavy (non-hydrogen) atoms. The van der Waals surface area contributed by atoms with Crippen molar-refractivity contribution in [2.75, 3.05) is 0 Å². The maximum absolute atomic E-state index is 13.1. The van der Waals surface area contributed by atoms with Gasteiger partial charge in [0.05, 0.1) is 11.8 Å². The fourth-order valence-electron chi connectivity index (χ4n) is 2.95. The van der Waals surface area contributed by atoms with Crippen LogP contribution in [0.1, 0.15) is 25.7 Å². The molecule has 1 fully saturated rings. The van der Waals surface area contributed by atoms with Crippen LogP contribution in [-0.4, -0.2) is 32.3 Å². The number of hydrogen-bond donors (Lipinski definition) is 0. The van der Waals surface area contributed by atoms with Crippen LogP contribution in [0.4, 0.5) is 0 Å². The van der Waals surface area contributed by atoms with E-state index in [4.69, 9.17) is 27.6 Å². The molecule has 0 saturated heterocycles. The van der Waals surface area contributed by atoms with E-state index >= 15 is 0 Å². The van der Waals surface area contributed by atoms with E-state index in [0.717, 1.165) is 23.3 Å². The van der Waals surface area contributed by atoms with Crippen molar-refractivity contribution in [1.29, 1.82) is 0 Å². The van der Waals surface area contributed by atoms with Gasteiger partial charge >= 0.3 is 0 Å². The number of thioether (sulfide) groups is 1. The van der Waals surface area contributed by atoms with Crippen LogP contribution in [0.3, 0.4) is 0 Å². The van der Waals surface area contributed by atoms with Gasteiger partial charge in [0.25, 0.3) is 0 Å². The van der Waals surface area contributed by atoms with Crippen LogP contribution in [0.25, 0.3) is 11.5 Å². The first-order chi connectivity index (χ1) is 14.0. The van der Waals surface area contributed by atoms with Gasteiger partial charge in [-0.05, 0) is 68.3 Å². The van der Waals surface area contributed by atoms with Crippen LogP contribution in [0, 0.1) is 0 Å². The highest BCUT2D eigenvalue weighted by Crippen LogP contribution is 2.33. The summed E-state index contributed by atoms with van der Waals surface area (Å²) in [4.78, 5) is 16.0. The number of aromatic nitrogens is 2. The first-order valence-electron chi connectivity index (χ1n) is 9.30. The maximum Gasteiger partial charge on any atom is 0.247 e. The third-order valence-electron chi connectivity index (χ3n) is 4.61. The van der Waals surface area contributed by atoms with E-state index in [0.29, 0.717) is 28.4 Å². The molecule has 1 aliphatic rings. The topological polar surface area (TPSA) is 59.2 Å². The Labute approximate surface area is 183 Å². The molecular weight excluding hydrogens is 429 g/mol. The van der Waals surface area contributed by atoms with Crippen molar-refractivity contribution in [2.45, 2.75) is 42.5 Å². The zero-order valence-electron chi connectivity index (χ0n) is 15.7. The molecule has 0 N–H and O–H groups in total. The summed E-state index contributed by atoms with van der Waals surface area (Å²) < 4.78 is 5.80. The van der Waals surface area contributed by atoms with Gasteiger partial charge in [-0.1, -0.05) is 23.2 Å². The van der Waals surface area contributed by atoms with Gasteiger partial charge in [0.2, 0.25) is 17.7 Å². The number of carbonyl (C=O) groups is 1. The van der Waals surface area contributed by atoms with Crippen LogP contribution in [-0.2, 0) is 11.3 Å². The summed E-state index contributed by atoms with van der Waals surface area (Å²) in [6.07, 6.45) is 2.00. The average Bonchev–Trinajstić information content (AvgIpc) is 3.46. The number of rotatable bonds is 7. The van der Waals surface area contributed by atoms with E-state index in [-0.39, 0.29) is 17.2 Å². The molecule has 1 saturated carbocycles. The SMILES string of the molecule is CC(Sc1ccc(Cl)cc1)C(=O)N(Cc1nnc(-c2ccc(Cl)cc2)o1)C1CC1. The predicted octanol–water partition coefficient (Wildman–Crippen LogP) is 5.72. The minimum atomic E-state index is -0.226. The zero-order valence-corrected chi connectivity index (χ0v) is 18.0. The maximum atomic E-state index is 13.1. The molecule has 0 spiro atoms. The third-order valence-corrected chi connectivity index (χ3v) is 6.21. The van der Waals surface area contributed by atoms with Gasteiger partial charge in [0, 0.05) is 26.5 Å². The highest BCUT2D eigenvalue weighted by molar-refractivity contribution is 8.00. The van der Waals surface area contributed by atoms with Crippen LogP contribution in [0.2, 0.25) is 10.0 Å². The molecule has 1 atom stereocenters. The van der Waals surface area contributed by atoms with Gasteiger partial charge < -0.3 is 9.32 Å². The van der Waals surface area contributed by atoms with Crippen LogP contribution < -0.4 is 0 Å². The van der Waals surface area contributed by atoms with E-state index < -0.39 is 0 Å². The van der Waals surface area contributed by atoms with Gasteiger partial charge in [-0.25, -0.2) is 0 Å². The Morgan fingerprint density at radius 1 is 1.10 bits per heavy atom. The van der Waals surface area contributed by atoms with Crippen molar-refractivity contribution in [1.82, 2.24) is 15.1 Å². The molecule has 1 heterocycles.